The van der Waals surface area contributed by atoms with E-state index in [-0.39, 0.29) is 11.4 Å². The minimum atomic E-state index is -0.927. The molecule has 1 saturated carbocycles. The lowest BCUT2D eigenvalue weighted by Gasteiger charge is -2.17. The van der Waals surface area contributed by atoms with Crippen LogP contribution in [-0.4, -0.2) is 35.4 Å². The summed E-state index contributed by atoms with van der Waals surface area (Å²) in [6.07, 6.45) is 2.00. The average molecular weight is 290 g/mol. The van der Waals surface area contributed by atoms with Crippen LogP contribution in [0.15, 0.2) is 6.20 Å². The second-order valence-electron chi connectivity index (χ2n) is 4.25. The van der Waals surface area contributed by atoms with Gasteiger partial charge >= 0.3 is 5.97 Å². The Balaban J connectivity index is 2.23. The van der Waals surface area contributed by atoms with Crippen LogP contribution >= 0.6 is 11.6 Å². The fraction of sp³-hybridized carbons (Fsp3) is 0.500. The zero-order valence-electron chi connectivity index (χ0n) is 10.2. The van der Waals surface area contributed by atoms with Crippen LogP contribution < -0.4 is 4.74 Å². The van der Waals surface area contributed by atoms with E-state index in [4.69, 9.17) is 16.3 Å². The van der Waals surface area contributed by atoms with Gasteiger partial charge in [0.15, 0.2) is 0 Å². The molecule has 0 aromatic carbocycles. The molecule has 0 radical (unpaired) electrons. The summed E-state index contributed by atoms with van der Waals surface area (Å²) < 4.78 is 23.7. The Bertz CT molecular complexity index is 497. The van der Waals surface area contributed by atoms with Gasteiger partial charge in [0.2, 0.25) is 5.82 Å². The van der Waals surface area contributed by atoms with Crippen LogP contribution in [0.2, 0.25) is 5.02 Å². The Kier molecular flexibility index (Phi) is 4.21. The van der Waals surface area contributed by atoms with Crippen molar-refractivity contribution >= 4 is 17.6 Å². The zero-order valence-corrected chi connectivity index (χ0v) is 11.0. The van der Waals surface area contributed by atoms with E-state index in [0.717, 1.165) is 19.7 Å². The lowest BCUT2D eigenvalue weighted by Crippen LogP contribution is -2.26. The number of aromatic nitrogens is 1. The molecule has 1 heterocycles. The van der Waals surface area contributed by atoms with Crippen LogP contribution in [0.4, 0.5) is 4.39 Å². The molecule has 0 unspecified atom stereocenters. The van der Waals surface area contributed by atoms with Gasteiger partial charge in [0.05, 0.1) is 23.8 Å². The molecule has 0 bridgehead atoms. The molecule has 5 nitrogen and oxygen atoms in total. The van der Waals surface area contributed by atoms with Crippen LogP contribution in [0.25, 0.3) is 0 Å². The van der Waals surface area contributed by atoms with E-state index < -0.39 is 29.0 Å². The quantitative estimate of drug-likeness (QED) is 0.862. The van der Waals surface area contributed by atoms with Crippen molar-refractivity contribution in [1.29, 1.82) is 0 Å². The highest BCUT2D eigenvalue weighted by molar-refractivity contribution is 6.33. The van der Waals surface area contributed by atoms with Crippen LogP contribution in [0.5, 0.6) is 5.88 Å². The topological polar surface area (TPSA) is 68.7 Å². The van der Waals surface area contributed by atoms with Crippen molar-refractivity contribution in [2.45, 2.75) is 31.5 Å². The first-order valence-electron chi connectivity index (χ1n) is 5.81. The maximum atomic E-state index is 13.9. The summed E-state index contributed by atoms with van der Waals surface area (Å²) in [6.45, 7) is 0. The number of aliphatic hydroxyl groups excluding tert-OH is 1. The van der Waals surface area contributed by atoms with Crippen molar-refractivity contribution in [2.24, 2.45) is 0 Å². The Morgan fingerprint density at radius 3 is 2.89 bits per heavy atom. The molecule has 7 heteroatoms. The molecular weight excluding hydrogens is 277 g/mol. The van der Waals surface area contributed by atoms with Gasteiger partial charge in [-0.1, -0.05) is 11.6 Å². The van der Waals surface area contributed by atoms with Crippen molar-refractivity contribution in [1.82, 2.24) is 4.98 Å². The minimum Gasteiger partial charge on any atom is -0.469 e. The maximum Gasteiger partial charge on any atom is 0.341 e. The second kappa shape index (κ2) is 5.71. The van der Waals surface area contributed by atoms with Crippen molar-refractivity contribution in [3.63, 3.8) is 0 Å². The van der Waals surface area contributed by atoms with Gasteiger partial charge in [-0.05, 0) is 19.3 Å². The Morgan fingerprint density at radius 2 is 2.32 bits per heavy atom. The highest BCUT2D eigenvalue weighted by atomic mass is 35.5. The fourth-order valence-corrected chi connectivity index (χ4v) is 2.18. The third-order valence-corrected chi connectivity index (χ3v) is 3.38. The van der Waals surface area contributed by atoms with Crippen LogP contribution in [-0.2, 0) is 4.74 Å². The number of pyridine rings is 1. The van der Waals surface area contributed by atoms with Crippen molar-refractivity contribution in [3.8, 4) is 5.88 Å². The number of nitrogens with zero attached hydrogens (tertiary/aromatic N) is 1. The van der Waals surface area contributed by atoms with Gasteiger partial charge in [0.1, 0.15) is 6.10 Å². The number of hydrogen-bond acceptors (Lipinski definition) is 5. The molecule has 1 aliphatic carbocycles. The predicted molar refractivity (Wildman–Crippen MR) is 64.8 cm³/mol. The molecule has 104 valence electrons. The molecule has 1 aromatic rings. The summed E-state index contributed by atoms with van der Waals surface area (Å²) in [7, 11) is 1.16. The van der Waals surface area contributed by atoms with Crippen molar-refractivity contribution in [2.75, 3.05) is 7.11 Å². The number of aliphatic hydroxyl groups is 1. The normalized spacial score (nSPS) is 22.3. The van der Waals surface area contributed by atoms with E-state index in [9.17, 15) is 14.3 Å². The second-order valence-corrected chi connectivity index (χ2v) is 4.63. The molecule has 2 atom stereocenters. The molecule has 0 saturated heterocycles. The Morgan fingerprint density at radius 1 is 1.58 bits per heavy atom. The number of carbonyl (C=O) groups is 1. The SMILES string of the molecule is COC(=O)c1cnc(O[C@H]2CCC[C@H]2O)c(F)c1Cl. The summed E-state index contributed by atoms with van der Waals surface area (Å²) in [6, 6.07) is 0. The summed E-state index contributed by atoms with van der Waals surface area (Å²) in [5.74, 6) is -2.02. The van der Waals surface area contributed by atoms with Gasteiger partial charge < -0.3 is 14.6 Å². The number of ether oxygens (including phenoxy) is 2. The molecule has 0 aliphatic heterocycles. The summed E-state index contributed by atoms with van der Waals surface area (Å²) in [5.41, 5.74) is -0.166. The smallest absolute Gasteiger partial charge is 0.341 e. The number of methoxy groups -OCH3 is 1. The number of hydrogen-bond donors (Lipinski definition) is 1. The van der Waals surface area contributed by atoms with Crippen LogP contribution in [0, 0.1) is 5.82 Å². The summed E-state index contributed by atoms with van der Waals surface area (Å²) in [5, 5.41) is 9.21. The molecule has 1 fully saturated rings. The lowest BCUT2D eigenvalue weighted by atomic mass is 10.2. The molecule has 2 rings (SSSR count). The number of halogens is 2. The van der Waals surface area contributed by atoms with E-state index in [2.05, 4.69) is 9.72 Å². The van der Waals surface area contributed by atoms with Gasteiger partial charge in [0.25, 0.3) is 5.88 Å². The number of carbonyl (C=O) groups excluding carboxylic acids is 1. The first-order chi connectivity index (χ1) is 9.04. The van der Waals surface area contributed by atoms with E-state index in [1.54, 1.807) is 0 Å². The lowest BCUT2D eigenvalue weighted by molar-refractivity contribution is 0.0540. The molecule has 1 N–H and O–H groups in total. The van der Waals surface area contributed by atoms with E-state index >= 15 is 0 Å². The van der Waals surface area contributed by atoms with E-state index in [0.29, 0.717) is 12.8 Å². The predicted octanol–water partition coefficient (Wildman–Crippen LogP) is 1.95. The van der Waals surface area contributed by atoms with Gasteiger partial charge in [-0.2, -0.15) is 4.39 Å². The van der Waals surface area contributed by atoms with Crippen LogP contribution in [0.1, 0.15) is 29.6 Å². The third kappa shape index (κ3) is 2.79. The van der Waals surface area contributed by atoms with Gasteiger partial charge in [0, 0.05) is 6.20 Å². The van der Waals surface area contributed by atoms with Crippen molar-refractivity contribution in [3.05, 3.63) is 22.6 Å². The molecule has 0 spiro atoms. The van der Waals surface area contributed by atoms with E-state index in [1.165, 1.54) is 0 Å². The monoisotopic (exact) mass is 289 g/mol. The van der Waals surface area contributed by atoms with Crippen LogP contribution in [0.3, 0.4) is 0 Å². The standard InChI is InChI=1S/C12H13ClFNO4/c1-18-12(17)6-5-15-11(10(14)9(6)13)19-8-4-2-3-7(8)16/h5,7-8,16H,2-4H2,1H3/t7-,8+/m1/s1. The molecular formula is C12H13ClFNO4. The molecule has 1 aliphatic rings. The number of esters is 1. The van der Waals surface area contributed by atoms with Gasteiger partial charge in [-0.3, -0.25) is 0 Å². The zero-order chi connectivity index (χ0) is 14.0. The summed E-state index contributed by atoms with van der Waals surface area (Å²) >= 11 is 5.74. The first kappa shape index (κ1) is 14.0. The van der Waals surface area contributed by atoms with Crippen molar-refractivity contribution < 1.29 is 23.8 Å². The maximum absolute atomic E-state index is 13.9. The highest BCUT2D eigenvalue weighted by Gasteiger charge is 2.29. The van der Waals surface area contributed by atoms with E-state index in [1.807, 2.05) is 0 Å². The molecule has 19 heavy (non-hydrogen) atoms. The average Bonchev–Trinajstić information content (AvgIpc) is 2.80. The molecule has 1 aromatic heterocycles. The molecule has 0 amide bonds. The minimum absolute atomic E-state index is 0.166. The first-order valence-corrected chi connectivity index (χ1v) is 6.19. The van der Waals surface area contributed by atoms with Gasteiger partial charge in [-0.15, -0.1) is 0 Å². The Hall–Kier alpha value is -1.40. The highest BCUT2D eigenvalue weighted by Crippen LogP contribution is 2.30. The summed E-state index contributed by atoms with van der Waals surface area (Å²) in [4.78, 5) is 15.0. The largest absolute Gasteiger partial charge is 0.469 e. The fourth-order valence-electron chi connectivity index (χ4n) is 1.97. The Labute approximate surface area is 114 Å². The van der Waals surface area contributed by atoms with Gasteiger partial charge in [-0.25, -0.2) is 9.78 Å². The number of rotatable bonds is 3. The third-order valence-electron chi connectivity index (χ3n) is 3.01.